The fourth-order valence-corrected chi connectivity index (χ4v) is 1.89. The van der Waals surface area contributed by atoms with Crippen molar-refractivity contribution in [3.05, 3.63) is 18.1 Å². The molecule has 82 valence electrons. The van der Waals surface area contributed by atoms with Crippen molar-refractivity contribution in [2.75, 3.05) is 25.0 Å². The second kappa shape index (κ2) is 5.07. The van der Waals surface area contributed by atoms with Gasteiger partial charge in [0.05, 0.1) is 0 Å². The maximum absolute atomic E-state index is 4.32. The predicted molar refractivity (Wildman–Crippen MR) is 60.9 cm³/mol. The van der Waals surface area contributed by atoms with Crippen LogP contribution in [0, 0.1) is 12.8 Å². The van der Waals surface area contributed by atoms with Crippen molar-refractivity contribution in [1.29, 1.82) is 0 Å². The molecule has 1 saturated heterocycles. The maximum Gasteiger partial charge on any atom is 0.129 e. The van der Waals surface area contributed by atoms with Gasteiger partial charge in [0.25, 0.3) is 0 Å². The molecule has 0 bridgehead atoms. The van der Waals surface area contributed by atoms with E-state index in [1.54, 1.807) is 6.20 Å². The Balaban J connectivity index is 1.81. The largest absolute Gasteiger partial charge is 0.370 e. The molecule has 1 aliphatic rings. The molecule has 0 amide bonds. The standard InChI is InChI=1S/C11H18N4/c1-9-13-7-4-11(15-9)14-8-10-2-5-12-6-3-10/h4,7,10,12H,2-3,5-6,8H2,1H3,(H,13,14,15). The molecule has 2 N–H and O–H groups in total. The molecule has 1 aromatic heterocycles. The molecule has 0 spiro atoms. The van der Waals surface area contributed by atoms with Gasteiger partial charge in [-0.3, -0.25) is 0 Å². The summed E-state index contributed by atoms with van der Waals surface area (Å²) in [5, 5.41) is 6.74. The van der Waals surface area contributed by atoms with Crippen LogP contribution in [0.25, 0.3) is 0 Å². The minimum Gasteiger partial charge on any atom is -0.370 e. The van der Waals surface area contributed by atoms with E-state index in [1.165, 1.54) is 12.8 Å². The van der Waals surface area contributed by atoms with Crippen LogP contribution < -0.4 is 10.6 Å². The molecule has 4 heteroatoms. The Kier molecular flexibility index (Phi) is 3.50. The quantitative estimate of drug-likeness (QED) is 0.780. The van der Waals surface area contributed by atoms with E-state index in [0.29, 0.717) is 0 Å². The highest BCUT2D eigenvalue weighted by Crippen LogP contribution is 2.12. The Morgan fingerprint density at radius 1 is 1.47 bits per heavy atom. The SMILES string of the molecule is Cc1nccc(NCC2CCNCC2)n1. The molecule has 1 fully saturated rings. The topological polar surface area (TPSA) is 49.8 Å². The summed E-state index contributed by atoms with van der Waals surface area (Å²) in [6.45, 7) is 5.23. The number of nitrogens with zero attached hydrogens (tertiary/aromatic N) is 2. The summed E-state index contributed by atoms with van der Waals surface area (Å²) in [5.41, 5.74) is 0. The van der Waals surface area contributed by atoms with Crippen LogP contribution in [0.3, 0.4) is 0 Å². The summed E-state index contributed by atoms with van der Waals surface area (Å²) < 4.78 is 0. The van der Waals surface area contributed by atoms with E-state index in [1.807, 2.05) is 13.0 Å². The first-order valence-corrected chi connectivity index (χ1v) is 5.59. The highest BCUT2D eigenvalue weighted by atomic mass is 15.0. The summed E-state index contributed by atoms with van der Waals surface area (Å²) in [4.78, 5) is 8.39. The van der Waals surface area contributed by atoms with Crippen molar-refractivity contribution in [3.8, 4) is 0 Å². The van der Waals surface area contributed by atoms with Gasteiger partial charge >= 0.3 is 0 Å². The maximum atomic E-state index is 4.32. The van der Waals surface area contributed by atoms with Gasteiger partial charge in [-0.15, -0.1) is 0 Å². The average Bonchev–Trinajstić information content (AvgIpc) is 2.28. The number of aromatic nitrogens is 2. The van der Waals surface area contributed by atoms with Crippen molar-refractivity contribution in [3.63, 3.8) is 0 Å². The van der Waals surface area contributed by atoms with E-state index in [4.69, 9.17) is 0 Å². The third kappa shape index (κ3) is 3.16. The number of anilines is 1. The van der Waals surface area contributed by atoms with Crippen LogP contribution in [0.5, 0.6) is 0 Å². The fraction of sp³-hybridized carbons (Fsp3) is 0.636. The molecule has 0 saturated carbocycles. The lowest BCUT2D eigenvalue weighted by atomic mass is 9.98. The van der Waals surface area contributed by atoms with E-state index in [2.05, 4.69) is 20.6 Å². The lowest BCUT2D eigenvalue weighted by molar-refractivity contribution is 0.389. The van der Waals surface area contributed by atoms with Crippen LogP contribution in [-0.2, 0) is 0 Å². The molecule has 0 radical (unpaired) electrons. The second-order valence-corrected chi connectivity index (χ2v) is 4.06. The van der Waals surface area contributed by atoms with Crippen molar-refractivity contribution in [1.82, 2.24) is 15.3 Å². The molecule has 0 atom stereocenters. The van der Waals surface area contributed by atoms with Gasteiger partial charge in [-0.1, -0.05) is 0 Å². The van der Waals surface area contributed by atoms with Gasteiger partial charge in [0.1, 0.15) is 11.6 Å². The van der Waals surface area contributed by atoms with Crippen LogP contribution in [-0.4, -0.2) is 29.6 Å². The van der Waals surface area contributed by atoms with Gasteiger partial charge in [-0.25, -0.2) is 9.97 Å². The van der Waals surface area contributed by atoms with E-state index < -0.39 is 0 Å². The predicted octanol–water partition coefficient (Wildman–Crippen LogP) is 1.20. The number of nitrogens with one attached hydrogen (secondary N) is 2. The number of piperidine rings is 1. The highest BCUT2D eigenvalue weighted by Gasteiger charge is 2.12. The molecule has 0 aromatic carbocycles. The van der Waals surface area contributed by atoms with Crippen molar-refractivity contribution >= 4 is 5.82 Å². The minimum absolute atomic E-state index is 0.779. The summed E-state index contributed by atoms with van der Waals surface area (Å²) in [6.07, 6.45) is 4.32. The van der Waals surface area contributed by atoms with E-state index in [0.717, 1.165) is 37.2 Å². The van der Waals surface area contributed by atoms with Gasteiger partial charge in [0.15, 0.2) is 0 Å². The monoisotopic (exact) mass is 206 g/mol. The first kappa shape index (κ1) is 10.4. The van der Waals surface area contributed by atoms with E-state index in [-0.39, 0.29) is 0 Å². The Morgan fingerprint density at radius 2 is 2.27 bits per heavy atom. The van der Waals surface area contributed by atoms with Crippen molar-refractivity contribution < 1.29 is 0 Å². The molecular formula is C11H18N4. The molecule has 1 aliphatic heterocycles. The molecule has 4 nitrogen and oxygen atoms in total. The highest BCUT2D eigenvalue weighted by molar-refractivity contribution is 5.32. The zero-order valence-corrected chi connectivity index (χ0v) is 9.16. The molecule has 0 aliphatic carbocycles. The summed E-state index contributed by atoms with van der Waals surface area (Å²) >= 11 is 0. The molecule has 2 heterocycles. The zero-order valence-electron chi connectivity index (χ0n) is 9.16. The van der Waals surface area contributed by atoms with Gasteiger partial charge in [-0.05, 0) is 44.8 Å². The summed E-state index contributed by atoms with van der Waals surface area (Å²) in [7, 11) is 0. The van der Waals surface area contributed by atoms with Crippen LogP contribution in [0.1, 0.15) is 18.7 Å². The lowest BCUT2D eigenvalue weighted by Gasteiger charge is -2.22. The Bertz CT molecular complexity index is 307. The molecule has 1 aromatic rings. The van der Waals surface area contributed by atoms with Crippen LogP contribution in [0.4, 0.5) is 5.82 Å². The summed E-state index contributed by atoms with van der Waals surface area (Å²) in [6, 6.07) is 1.92. The van der Waals surface area contributed by atoms with Crippen LogP contribution in [0.2, 0.25) is 0 Å². The Morgan fingerprint density at radius 3 is 3.00 bits per heavy atom. The normalized spacial score (nSPS) is 17.7. The number of hydrogen-bond acceptors (Lipinski definition) is 4. The van der Waals surface area contributed by atoms with E-state index in [9.17, 15) is 0 Å². The smallest absolute Gasteiger partial charge is 0.129 e. The van der Waals surface area contributed by atoms with Gasteiger partial charge in [0.2, 0.25) is 0 Å². The van der Waals surface area contributed by atoms with E-state index >= 15 is 0 Å². The van der Waals surface area contributed by atoms with Crippen LogP contribution in [0.15, 0.2) is 12.3 Å². The minimum atomic E-state index is 0.779. The van der Waals surface area contributed by atoms with Crippen molar-refractivity contribution in [2.24, 2.45) is 5.92 Å². The molecule has 0 unspecified atom stereocenters. The number of hydrogen-bond donors (Lipinski definition) is 2. The summed E-state index contributed by atoms with van der Waals surface area (Å²) in [5.74, 6) is 2.55. The molecular weight excluding hydrogens is 188 g/mol. The van der Waals surface area contributed by atoms with Gasteiger partial charge in [0, 0.05) is 12.7 Å². The van der Waals surface area contributed by atoms with Gasteiger partial charge in [-0.2, -0.15) is 0 Å². The first-order valence-electron chi connectivity index (χ1n) is 5.59. The number of aryl methyl sites for hydroxylation is 1. The third-order valence-electron chi connectivity index (χ3n) is 2.81. The first-order chi connectivity index (χ1) is 7.34. The van der Waals surface area contributed by atoms with Gasteiger partial charge < -0.3 is 10.6 Å². The third-order valence-corrected chi connectivity index (χ3v) is 2.81. The van der Waals surface area contributed by atoms with Crippen molar-refractivity contribution in [2.45, 2.75) is 19.8 Å². The van der Waals surface area contributed by atoms with Crippen LogP contribution >= 0.6 is 0 Å². The average molecular weight is 206 g/mol. The lowest BCUT2D eigenvalue weighted by Crippen LogP contribution is -2.31. The molecule has 2 rings (SSSR count). The molecule has 15 heavy (non-hydrogen) atoms. The number of rotatable bonds is 3. The fourth-order valence-electron chi connectivity index (χ4n) is 1.89. The Hall–Kier alpha value is -1.16. The second-order valence-electron chi connectivity index (χ2n) is 4.06. The zero-order chi connectivity index (χ0) is 10.5. The Labute approximate surface area is 90.5 Å².